The lowest BCUT2D eigenvalue weighted by molar-refractivity contribution is -0.136. The fourth-order valence-corrected chi connectivity index (χ4v) is 2.89. The molecule has 0 saturated heterocycles. The first kappa shape index (κ1) is 18.5. The Bertz CT molecular complexity index is 954. The van der Waals surface area contributed by atoms with Crippen LogP contribution in [0.25, 0.3) is 11.1 Å². The fourth-order valence-electron chi connectivity index (χ4n) is 2.89. The highest BCUT2D eigenvalue weighted by atomic mass is 16.5. The van der Waals surface area contributed by atoms with Gasteiger partial charge < -0.3 is 21.3 Å². The van der Waals surface area contributed by atoms with Gasteiger partial charge in [0.2, 0.25) is 0 Å². The highest BCUT2D eigenvalue weighted by molar-refractivity contribution is 5.72. The smallest absolute Gasteiger partial charge is 0.307 e. The summed E-state index contributed by atoms with van der Waals surface area (Å²) < 4.78 is 5.88. The first-order valence-electron chi connectivity index (χ1n) is 8.66. The van der Waals surface area contributed by atoms with Crippen LogP contribution in [0.1, 0.15) is 16.7 Å². The van der Waals surface area contributed by atoms with Gasteiger partial charge in [0.25, 0.3) is 0 Å². The molecule has 3 aromatic carbocycles. The molecule has 27 heavy (non-hydrogen) atoms. The number of ether oxygens (including phenoxy) is 1. The van der Waals surface area contributed by atoms with Crippen molar-refractivity contribution >= 4 is 11.7 Å². The second kappa shape index (κ2) is 8.38. The van der Waals surface area contributed by atoms with Crippen LogP contribution in [-0.2, 0) is 24.4 Å². The van der Waals surface area contributed by atoms with Gasteiger partial charge in [-0.25, -0.2) is 0 Å². The summed E-state index contributed by atoms with van der Waals surface area (Å²) in [5, 5.41) is 9.06. The van der Waals surface area contributed by atoms with Crippen LogP contribution in [0.2, 0.25) is 0 Å². The van der Waals surface area contributed by atoms with Gasteiger partial charge in [0.15, 0.2) is 0 Å². The largest absolute Gasteiger partial charge is 0.489 e. The van der Waals surface area contributed by atoms with Gasteiger partial charge in [0.05, 0.1) is 6.42 Å². The maximum absolute atomic E-state index is 11.0. The zero-order valence-corrected chi connectivity index (χ0v) is 14.9. The van der Waals surface area contributed by atoms with Gasteiger partial charge in [0.1, 0.15) is 12.4 Å². The van der Waals surface area contributed by atoms with Crippen LogP contribution in [-0.4, -0.2) is 11.1 Å². The van der Waals surface area contributed by atoms with E-state index < -0.39 is 5.97 Å². The van der Waals surface area contributed by atoms with E-state index in [1.807, 2.05) is 36.4 Å². The van der Waals surface area contributed by atoms with Gasteiger partial charge in [-0.2, -0.15) is 0 Å². The fraction of sp³-hybridized carbons (Fsp3) is 0.136. The van der Waals surface area contributed by atoms with Crippen molar-refractivity contribution in [3.8, 4) is 16.9 Å². The molecular formula is C22H22N2O3. The van der Waals surface area contributed by atoms with Crippen LogP contribution in [0, 0.1) is 0 Å². The molecule has 0 amide bonds. The number of hydrogen-bond acceptors (Lipinski definition) is 4. The molecule has 0 saturated carbocycles. The zero-order valence-electron chi connectivity index (χ0n) is 14.9. The molecule has 3 rings (SSSR count). The Hall–Kier alpha value is -3.31. The third-order valence-corrected chi connectivity index (χ3v) is 4.25. The molecule has 5 N–H and O–H groups in total. The number of benzene rings is 3. The number of carboxylic acids is 1. The zero-order chi connectivity index (χ0) is 19.2. The number of rotatable bonds is 7. The highest BCUT2D eigenvalue weighted by Crippen LogP contribution is 2.25. The quantitative estimate of drug-likeness (QED) is 0.558. The molecule has 0 heterocycles. The van der Waals surface area contributed by atoms with Crippen molar-refractivity contribution in [2.75, 3.05) is 5.73 Å². The Kier molecular flexibility index (Phi) is 5.74. The maximum Gasteiger partial charge on any atom is 0.307 e. The summed E-state index contributed by atoms with van der Waals surface area (Å²) in [4.78, 5) is 11.0. The summed E-state index contributed by atoms with van der Waals surface area (Å²) >= 11 is 0. The second-order valence-corrected chi connectivity index (χ2v) is 6.33. The van der Waals surface area contributed by atoms with Crippen molar-refractivity contribution < 1.29 is 14.6 Å². The van der Waals surface area contributed by atoms with Gasteiger partial charge in [-0.05, 0) is 40.5 Å². The van der Waals surface area contributed by atoms with E-state index in [2.05, 4.69) is 12.1 Å². The van der Waals surface area contributed by atoms with Crippen molar-refractivity contribution in [1.29, 1.82) is 0 Å². The van der Waals surface area contributed by atoms with E-state index >= 15 is 0 Å². The number of hydrogen-bond donors (Lipinski definition) is 3. The summed E-state index contributed by atoms with van der Waals surface area (Å²) in [7, 11) is 0. The van der Waals surface area contributed by atoms with Crippen molar-refractivity contribution in [3.63, 3.8) is 0 Å². The Balaban J connectivity index is 1.79. The van der Waals surface area contributed by atoms with E-state index in [9.17, 15) is 4.79 Å². The molecule has 5 heteroatoms. The SMILES string of the molecule is NCc1cccc(-c2cccc(COc3cc(N)ccc3CC(=O)O)c2)c1. The monoisotopic (exact) mass is 362 g/mol. The Morgan fingerprint density at radius 3 is 2.26 bits per heavy atom. The average Bonchev–Trinajstić information content (AvgIpc) is 2.68. The third-order valence-electron chi connectivity index (χ3n) is 4.25. The summed E-state index contributed by atoms with van der Waals surface area (Å²) in [6.45, 7) is 0.818. The molecule has 0 aliphatic heterocycles. The van der Waals surface area contributed by atoms with Gasteiger partial charge >= 0.3 is 5.97 Å². The Morgan fingerprint density at radius 1 is 0.926 bits per heavy atom. The van der Waals surface area contributed by atoms with Crippen molar-refractivity contribution in [3.05, 3.63) is 83.4 Å². The lowest BCUT2D eigenvalue weighted by atomic mass is 10.0. The molecule has 0 unspecified atom stereocenters. The predicted molar refractivity (Wildman–Crippen MR) is 106 cm³/mol. The molecule has 138 valence electrons. The molecule has 0 aromatic heterocycles. The summed E-state index contributed by atoms with van der Waals surface area (Å²) in [5.41, 5.74) is 16.9. The molecule has 0 aliphatic rings. The van der Waals surface area contributed by atoms with Crippen molar-refractivity contribution in [2.24, 2.45) is 5.73 Å². The first-order valence-corrected chi connectivity index (χ1v) is 8.66. The number of aliphatic carboxylic acids is 1. The van der Waals surface area contributed by atoms with E-state index in [1.54, 1.807) is 18.2 Å². The summed E-state index contributed by atoms with van der Waals surface area (Å²) in [5.74, 6) is -0.417. The van der Waals surface area contributed by atoms with Gasteiger partial charge in [0, 0.05) is 23.9 Å². The molecule has 0 radical (unpaired) electrons. The lowest BCUT2D eigenvalue weighted by Gasteiger charge is -2.12. The number of nitrogen functional groups attached to an aromatic ring is 1. The van der Waals surface area contributed by atoms with Crippen LogP contribution < -0.4 is 16.2 Å². The lowest BCUT2D eigenvalue weighted by Crippen LogP contribution is -2.05. The molecule has 0 aliphatic carbocycles. The minimum atomic E-state index is -0.911. The average molecular weight is 362 g/mol. The van der Waals surface area contributed by atoms with E-state index in [1.165, 1.54) is 0 Å². The Morgan fingerprint density at radius 2 is 1.59 bits per heavy atom. The highest BCUT2D eigenvalue weighted by Gasteiger charge is 2.09. The van der Waals surface area contributed by atoms with Gasteiger partial charge in [-0.15, -0.1) is 0 Å². The van der Waals surface area contributed by atoms with E-state index in [0.717, 1.165) is 22.3 Å². The Labute approximate surface area is 158 Å². The normalized spacial score (nSPS) is 10.6. The third kappa shape index (κ3) is 4.86. The topological polar surface area (TPSA) is 98.6 Å². The second-order valence-electron chi connectivity index (χ2n) is 6.33. The molecule has 0 fully saturated rings. The minimum absolute atomic E-state index is 0.110. The van der Waals surface area contributed by atoms with E-state index in [0.29, 0.717) is 30.2 Å². The number of carboxylic acid groups (broad SMARTS) is 1. The molecular weight excluding hydrogens is 340 g/mol. The first-order chi connectivity index (χ1) is 13.0. The van der Waals surface area contributed by atoms with E-state index in [4.69, 9.17) is 21.3 Å². The van der Waals surface area contributed by atoms with Crippen LogP contribution in [0.15, 0.2) is 66.7 Å². The van der Waals surface area contributed by atoms with Crippen molar-refractivity contribution in [1.82, 2.24) is 0 Å². The molecule has 5 nitrogen and oxygen atoms in total. The number of nitrogens with two attached hydrogens (primary N) is 2. The van der Waals surface area contributed by atoms with Crippen molar-refractivity contribution in [2.45, 2.75) is 19.6 Å². The van der Waals surface area contributed by atoms with Crippen LogP contribution in [0.4, 0.5) is 5.69 Å². The van der Waals surface area contributed by atoms with Crippen LogP contribution in [0.3, 0.4) is 0 Å². The standard InChI is InChI=1S/C22H22N2O3/c23-13-15-3-1-5-17(9-15)18-6-2-4-16(10-18)14-27-21-12-20(24)8-7-19(21)11-22(25)26/h1-10,12H,11,13-14,23-24H2,(H,25,26). The maximum atomic E-state index is 11.0. The summed E-state index contributed by atoms with van der Waals surface area (Å²) in [6.07, 6.45) is -0.110. The molecule has 0 bridgehead atoms. The van der Waals surface area contributed by atoms with Gasteiger partial charge in [-0.1, -0.05) is 42.5 Å². The van der Waals surface area contributed by atoms with E-state index in [-0.39, 0.29) is 6.42 Å². The van der Waals surface area contributed by atoms with Crippen LogP contribution in [0.5, 0.6) is 5.75 Å². The number of carbonyl (C=O) groups is 1. The minimum Gasteiger partial charge on any atom is -0.489 e. The molecule has 0 atom stereocenters. The molecule has 3 aromatic rings. The van der Waals surface area contributed by atoms with Gasteiger partial charge in [-0.3, -0.25) is 4.79 Å². The molecule has 0 spiro atoms. The predicted octanol–water partition coefficient (Wildman–Crippen LogP) is 3.60. The summed E-state index contributed by atoms with van der Waals surface area (Å²) in [6, 6.07) is 21.2. The van der Waals surface area contributed by atoms with Crippen LogP contribution >= 0.6 is 0 Å². The number of anilines is 1.